The van der Waals surface area contributed by atoms with Crippen LogP contribution in [0, 0.1) is 11.6 Å². The fraction of sp³-hybridized carbons (Fsp3) is 0. The highest BCUT2D eigenvalue weighted by Gasteiger charge is 2.15. The molecule has 19 heavy (non-hydrogen) atoms. The Morgan fingerprint density at radius 3 is 2.11 bits per heavy atom. The third-order valence-corrected chi connectivity index (χ3v) is 2.57. The standard InChI is InChI=1S/C14H8F2O3/c15-11-6-5-8(7-12(11)16)13(17)9-3-1-2-4-10(9)14(18)19/h1-7H,(H,18,19)/p-1. The lowest BCUT2D eigenvalue weighted by atomic mass is 9.98. The number of rotatable bonds is 3. The van der Waals surface area contributed by atoms with Crippen molar-refractivity contribution in [1.29, 1.82) is 0 Å². The molecule has 96 valence electrons. The molecule has 0 N–H and O–H groups in total. The van der Waals surface area contributed by atoms with Gasteiger partial charge in [0.05, 0.1) is 5.97 Å². The molecule has 2 rings (SSSR count). The van der Waals surface area contributed by atoms with Gasteiger partial charge in [-0.05, 0) is 18.2 Å². The topological polar surface area (TPSA) is 57.2 Å². The van der Waals surface area contributed by atoms with Crippen molar-refractivity contribution in [3.8, 4) is 0 Å². The Bertz CT molecular complexity index is 665. The number of hydrogen-bond acceptors (Lipinski definition) is 3. The molecular weight excluding hydrogens is 254 g/mol. The molecule has 0 unspecified atom stereocenters. The maximum atomic E-state index is 13.1. The predicted octanol–water partition coefficient (Wildman–Crippen LogP) is 1.56. The van der Waals surface area contributed by atoms with Crippen molar-refractivity contribution in [2.24, 2.45) is 0 Å². The second-order valence-electron chi connectivity index (χ2n) is 3.79. The van der Waals surface area contributed by atoms with Gasteiger partial charge in [-0.15, -0.1) is 0 Å². The molecule has 0 aromatic heterocycles. The van der Waals surface area contributed by atoms with Gasteiger partial charge in [-0.25, -0.2) is 8.78 Å². The summed E-state index contributed by atoms with van der Waals surface area (Å²) in [5, 5.41) is 10.9. The predicted molar refractivity (Wildman–Crippen MR) is 60.6 cm³/mol. The monoisotopic (exact) mass is 261 g/mol. The van der Waals surface area contributed by atoms with Crippen LogP contribution >= 0.6 is 0 Å². The number of carboxylic acid groups (broad SMARTS) is 1. The zero-order chi connectivity index (χ0) is 14.0. The highest BCUT2D eigenvalue weighted by atomic mass is 19.2. The molecule has 0 heterocycles. The molecule has 0 radical (unpaired) electrons. The summed E-state index contributed by atoms with van der Waals surface area (Å²) < 4.78 is 25.8. The van der Waals surface area contributed by atoms with Gasteiger partial charge in [-0.3, -0.25) is 4.79 Å². The van der Waals surface area contributed by atoms with Crippen molar-refractivity contribution in [2.75, 3.05) is 0 Å². The molecule has 5 heteroatoms. The summed E-state index contributed by atoms with van der Waals surface area (Å²) >= 11 is 0. The lowest BCUT2D eigenvalue weighted by Gasteiger charge is -2.09. The summed E-state index contributed by atoms with van der Waals surface area (Å²) in [4.78, 5) is 22.9. The zero-order valence-corrected chi connectivity index (χ0v) is 9.52. The molecule has 0 fully saturated rings. The molecule has 0 bridgehead atoms. The summed E-state index contributed by atoms with van der Waals surface area (Å²) in [5.41, 5.74) is -0.557. The average Bonchev–Trinajstić information content (AvgIpc) is 2.41. The maximum absolute atomic E-state index is 13.1. The first kappa shape index (κ1) is 12.9. The van der Waals surface area contributed by atoms with Crippen LogP contribution in [0.5, 0.6) is 0 Å². The van der Waals surface area contributed by atoms with Gasteiger partial charge in [0.25, 0.3) is 0 Å². The lowest BCUT2D eigenvalue weighted by molar-refractivity contribution is -0.255. The third-order valence-electron chi connectivity index (χ3n) is 2.57. The van der Waals surface area contributed by atoms with E-state index in [-0.39, 0.29) is 16.7 Å². The molecule has 0 aliphatic heterocycles. The number of hydrogen-bond donors (Lipinski definition) is 0. The van der Waals surface area contributed by atoms with Crippen molar-refractivity contribution >= 4 is 11.8 Å². The molecule has 0 saturated heterocycles. The van der Waals surface area contributed by atoms with Crippen LogP contribution in [-0.4, -0.2) is 11.8 Å². The minimum atomic E-state index is -1.51. The van der Waals surface area contributed by atoms with Gasteiger partial charge in [0, 0.05) is 16.7 Å². The highest BCUT2D eigenvalue weighted by molar-refractivity contribution is 6.13. The Morgan fingerprint density at radius 2 is 1.53 bits per heavy atom. The summed E-state index contributed by atoms with van der Waals surface area (Å²) in [6.45, 7) is 0. The summed E-state index contributed by atoms with van der Waals surface area (Å²) in [5.74, 6) is -4.47. The van der Waals surface area contributed by atoms with E-state index in [9.17, 15) is 23.5 Å². The smallest absolute Gasteiger partial charge is 0.193 e. The molecule has 0 aliphatic carbocycles. The molecule has 0 atom stereocenters. The van der Waals surface area contributed by atoms with E-state index >= 15 is 0 Å². The van der Waals surface area contributed by atoms with Gasteiger partial charge in [0.2, 0.25) is 0 Å². The van der Waals surface area contributed by atoms with E-state index in [2.05, 4.69) is 0 Å². The number of halogens is 2. The van der Waals surface area contributed by atoms with Crippen LogP contribution in [0.15, 0.2) is 42.5 Å². The highest BCUT2D eigenvalue weighted by Crippen LogP contribution is 2.16. The van der Waals surface area contributed by atoms with Gasteiger partial charge in [-0.1, -0.05) is 24.3 Å². The van der Waals surface area contributed by atoms with E-state index < -0.39 is 23.4 Å². The first-order valence-electron chi connectivity index (χ1n) is 5.31. The van der Waals surface area contributed by atoms with Crippen LogP contribution in [0.3, 0.4) is 0 Å². The van der Waals surface area contributed by atoms with E-state index in [4.69, 9.17) is 0 Å². The molecular formula is C14H7F2O3-. The molecule has 0 spiro atoms. The number of carbonyl (C=O) groups excluding carboxylic acids is 2. The molecule has 0 amide bonds. The minimum Gasteiger partial charge on any atom is -0.545 e. The van der Waals surface area contributed by atoms with Crippen molar-refractivity contribution in [1.82, 2.24) is 0 Å². The van der Waals surface area contributed by atoms with Crippen LogP contribution in [0.4, 0.5) is 8.78 Å². The molecule has 2 aromatic carbocycles. The SMILES string of the molecule is O=C([O-])c1ccccc1C(=O)c1ccc(F)c(F)c1. The van der Waals surface area contributed by atoms with Gasteiger partial charge < -0.3 is 9.90 Å². The van der Waals surface area contributed by atoms with Crippen molar-refractivity contribution in [3.05, 3.63) is 70.8 Å². The number of ketones is 1. The molecule has 2 aromatic rings. The van der Waals surface area contributed by atoms with Gasteiger partial charge in [0.15, 0.2) is 17.4 Å². The van der Waals surface area contributed by atoms with E-state index in [1.165, 1.54) is 24.3 Å². The normalized spacial score (nSPS) is 10.2. The lowest BCUT2D eigenvalue weighted by Crippen LogP contribution is -2.25. The maximum Gasteiger partial charge on any atom is 0.193 e. The van der Waals surface area contributed by atoms with Crippen LogP contribution in [0.1, 0.15) is 26.3 Å². The van der Waals surface area contributed by atoms with Crippen molar-refractivity contribution in [2.45, 2.75) is 0 Å². The second-order valence-corrected chi connectivity index (χ2v) is 3.79. The number of carbonyl (C=O) groups is 2. The van der Waals surface area contributed by atoms with E-state index in [1.54, 1.807) is 0 Å². The first-order valence-corrected chi connectivity index (χ1v) is 5.31. The molecule has 0 aliphatic rings. The number of aromatic carboxylic acids is 1. The summed E-state index contributed by atoms with van der Waals surface area (Å²) in [7, 11) is 0. The summed E-state index contributed by atoms with van der Waals surface area (Å²) in [6.07, 6.45) is 0. The first-order chi connectivity index (χ1) is 9.00. The van der Waals surface area contributed by atoms with Crippen molar-refractivity contribution in [3.63, 3.8) is 0 Å². The fourth-order valence-corrected chi connectivity index (χ4v) is 1.65. The Hall–Kier alpha value is -2.56. The number of benzene rings is 2. The Morgan fingerprint density at radius 1 is 0.895 bits per heavy atom. The average molecular weight is 261 g/mol. The second kappa shape index (κ2) is 4.97. The zero-order valence-electron chi connectivity index (χ0n) is 9.52. The van der Waals surface area contributed by atoms with Crippen LogP contribution in [-0.2, 0) is 0 Å². The van der Waals surface area contributed by atoms with Crippen LogP contribution < -0.4 is 5.11 Å². The minimum absolute atomic E-state index is 0.131. The van der Waals surface area contributed by atoms with Crippen LogP contribution in [0.2, 0.25) is 0 Å². The fourth-order valence-electron chi connectivity index (χ4n) is 1.65. The Kier molecular flexibility index (Phi) is 3.37. The van der Waals surface area contributed by atoms with Gasteiger partial charge in [0.1, 0.15) is 0 Å². The number of carboxylic acids is 1. The Labute approximate surface area is 107 Å². The van der Waals surface area contributed by atoms with Gasteiger partial charge in [-0.2, -0.15) is 0 Å². The summed E-state index contributed by atoms with van der Waals surface area (Å²) in [6, 6.07) is 8.03. The molecule has 3 nitrogen and oxygen atoms in total. The quantitative estimate of drug-likeness (QED) is 0.788. The van der Waals surface area contributed by atoms with E-state index in [1.807, 2.05) is 0 Å². The van der Waals surface area contributed by atoms with Gasteiger partial charge >= 0.3 is 0 Å². The van der Waals surface area contributed by atoms with E-state index in [0.717, 1.165) is 18.2 Å². The third kappa shape index (κ3) is 2.49. The van der Waals surface area contributed by atoms with Crippen molar-refractivity contribution < 1.29 is 23.5 Å². The Balaban J connectivity index is 2.50. The largest absolute Gasteiger partial charge is 0.545 e. The van der Waals surface area contributed by atoms with Crippen LogP contribution in [0.25, 0.3) is 0 Å². The van der Waals surface area contributed by atoms with E-state index in [0.29, 0.717) is 0 Å². The molecule has 0 saturated carbocycles.